The molecule has 0 heterocycles. The van der Waals surface area contributed by atoms with E-state index in [1.165, 1.54) is 17.0 Å². The third-order valence-electron chi connectivity index (χ3n) is 2.17. The first-order valence-electron chi connectivity index (χ1n) is 4.52. The Bertz CT molecular complexity index is 374. The summed E-state index contributed by atoms with van der Waals surface area (Å²) in [6, 6.07) is 1.11. The Kier molecular flexibility index (Phi) is 3.42. The van der Waals surface area contributed by atoms with Crippen molar-refractivity contribution in [3.63, 3.8) is 0 Å². The molecule has 0 bridgehead atoms. The number of rotatable bonds is 2. The molecule has 0 radical (unpaired) electrons. The average molecular weight is 236 g/mol. The van der Waals surface area contributed by atoms with Gasteiger partial charge in [0, 0.05) is 14.1 Å². The summed E-state index contributed by atoms with van der Waals surface area (Å²) >= 11 is 0. The van der Waals surface area contributed by atoms with E-state index in [4.69, 9.17) is 5.73 Å². The molecule has 0 saturated heterocycles. The fraction of sp³-hybridized carbons (Fsp3) is 0.400. The van der Waals surface area contributed by atoms with Crippen molar-refractivity contribution >= 4 is 5.69 Å². The Morgan fingerprint density at radius 1 is 1.25 bits per heavy atom. The first-order chi connectivity index (χ1) is 7.23. The van der Waals surface area contributed by atoms with Crippen LogP contribution >= 0.6 is 0 Å². The minimum Gasteiger partial charge on any atom is -0.375 e. The number of nitrogens with two attached hydrogens (primary N) is 1. The molecule has 0 aliphatic rings. The number of halogens is 4. The zero-order valence-electron chi connectivity index (χ0n) is 8.85. The molecule has 0 fully saturated rings. The molecule has 6 heteroatoms. The largest absolute Gasteiger partial charge is 0.407 e. The smallest absolute Gasteiger partial charge is 0.375 e. The summed E-state index contributed by atoms with van der Waals surface area (Å²) in [5, 5.41) is 0. The monoisotopic (exact) mass is 236 g/mol. The van der Waals surface area contributed by atoms with Crippen LogP contribution in [0.25, 0.3) is 0 Å². The van der Waals surface area contributed by atoms with Gasteiger partial charge in [-0.2, -0.15) is 13.2 Å². The Morgan fingerprint density at radius 3 is 2.19 bits per heavy atom. The fourth-order valence-corrected chi connectivity index (χ4v) is 1.27. The van der Waals surface area contributed by atoms with Gasteiger partial charge in [0.15, 0.2) is 0 Å². The second-order valence-corrected chi connectivity index (χ2v) is 3.62. The van der Waals surface area contributed by atoms with Gasteiger partial charge in [0.1, 0.15) is 11.9 Å². The molecule has 16 heavy (non-hydrogen) atoms. The van der Waals surface area contributed by atoms with Gasteiger partial charge in [-0.25, -0.2) is 4.39 Å². The molecule has 0 aromatic heterocycles. The van der Waals surface area contributed by atoms with Gasteiger partial charge in [-0.1, -0.05) is 6.07 Å². The van der Waals surface area contributed by atoms with Crippen LogP contribution in [0, 0.1) is 5.82 Å². The second kappa shape index (κ2) is 4.29. The molecule has 0 amide bonds. The number of benzene rings is 1. The molecule has 2 N–H and O–H groups in total. The van der Waals surface area contributed by atoms with Crippen molar-refractivity contribution < 1.29 is 17.6 Å². The molecule has 1 unspecified atom stereocenters. The zero-order valence-corrected chi connectivity index (χ0v) is 8.85. The van der Waals surface area contributed by atoms with Gasteiger partial charge in [0.05, 0.1) is 5.69 Å². The topological polar surface area (TPSA) is 29.3 Å². The highest BCUT2D eigenvalue weighted by atomic mass is 19.4. The fourth-order valence-electron chi connectivity index (χ4n) is 1.27. The van der Waals surface area contributed by atoms with Crippen LogP contribution in [0.15, 0.2) is 18.2 Å². The number of anilines is 1. The molecule has 0 spiro atoms. The Hall–Kier alpha value is -1.30. The molecule has 0 aliphatic carbocycles. The summed E-state index contributed by atoms with van der Waals surface area (Å²) in [5.74, 6) is -0.720. The van der Waals surface area contributed by atoms with Crippen LogP contribution < -0.4 is 10.6 Å². The van der Waals surface area contributed by atoms with E-state index in [0.717, 1.165) is 6.07 Å². The molecule has 1 rings (SSSR count). The average Bonchev–Trinajstić information content (AvgIpc) is 2.14. The minimum atomic E-state index is -4.56. The first kappa shape index (κ1) is 12.8. The van der Waals surface area contributed by atoms with Crippen LogP contribution in [0.3, 0.4) is 0 Å². The highest BCUT2D eigenvalue weighted by Crippen LogP contribution is 2.32. The van der Waals surface area contributed by atoms with E-state index in [9.17, 15) is 17.6 Å². The number of hydrogen-bond acceptors (Lipinski definition) is 2. The van der Waals surface area contributed by atoms with E-state index in [1.807, 2.05) is 0 Å². The third-order valence-corrected chi connectivity index (χ3v) is 2.17. The van der Waals surface area contributed by atoms with Crippen molar-refractivity contribution in [2.75, 3.05) is 19.0 Å². The third kappa shape index (κ3) is 2.63. The summed E-state index contributed by atoms with van der Waals surface area (Å²) < 4.78 is 50.2. The predicted octanol–water partition coefficient (Wildman–Crippen LogP) is 2.45. The Morgan fingerprint density at radius 2 is 1.81 bits per heavy atom. The summed E-state index contributed by atoms with van der Waals surface area (Å²) in [5.41, 5.74) is 4.90. The molecule has 0 aliphatic heterocycles. The summed E-state index contributed by atoms with van der Waals surface area (Å²) in [7, 11) is 3.20. The van der Waals surface area contributed by atoms with Crippen molar-refractivity contribution in [2.45, 2.75) is 12.2 Å². The van der Waals surface area contributed by atoms with Crippen molar-refractivity contribution in [2.24, 2.45) is 5.73 Å². The molecular weight excluding hydrogens is 224 g/mol. The molecule has 90 valence electrons. The van der Waals surface area contributed by atoms with E-state index in [1.54, 1.807) is 14.1 Å². The van der Waals surface area contributed by atoms with Gasteiger partial charge >= 0.3 is 6.18 Å². The van der Waals surface area contributed by atoms with Crippen LogP contribution in [0.4, 0.5) is 23.2 Å². The lowest BCUT2D eigenvalue weighted by Gasteiger charge is -2.18. The standard InChI is InChI=1S/C10H12F4N2/c1-16(2)8-4-3-6(5-7(8)11)9(15)10(12,13)14/h3-5,9H,15H2,1-2H3. The lowest BCUT2D eigenvalue weighted by Crippen LogP contribution is -2.28. The highest BCUT2D eigenvalue weighted by Gasteiger charge is 2.38. The molecule has 0 saturated carbocycles. The highest BCUT2D eigenvalue weighted by molar-refractivity contribution is 5.48. The minimum absolute atomic E-state index is 0.220. The van der Waals surface area contributed by atoms with Gasteiger partial charge < -0.3 is 10.6 Å². The number of hydrogen-bond donors (Lipinski definition) is 1. The zero-order chi connectivity index (χ0) is 12.5. The van der Waals surface area contributed by atoms with Crippen LogP contribution in [0.1, 0.15) is 11.6 Å². The summed E-state index contributed by atoms with van der Waals surface area (Å²) in [6.07, 6.45) is -4.56. The molecule has 1 aromatic carbocycles. The van der Waals surface area contributed by atoms with Crippen LogP contribution in [0.5, 0.6) is 0 Å². The molecular formula is C10H12F4N2. The Labute approximate surface area is 90.7 Å². The van der Waals surface area contributed by atoms with Crippen molar-refractivity contribution in [1.29, 1.82) is 0 Å². The number of alkyl halides is 3. The van der Waals surface area contributed by atoms with Gasteiger partial charge in [-0.05, 0) is 17.7 Å². The SMILES string of the molecule is CN(C)c1ccc(C(N)C(F)(F)F)cc1F. The lowest BCUT2D eigenvalue weighted by molar-refractivity contribution is -0.149. The van der Waals surface area contributed by atoms with E-state index in [-0.39, 0.29) is 11.3 Å². The van der Waals surface area contributed by atoms with Crippen LogP contribution in [-0.2, 0) is 0 Å². The van der Waals surface area contributed by atoms with Crippen molar-refractivity contribution in [3.8, 4) is 0 Å². The molecule has 2 nitrogen and oxygen atoms in total. The van der Waals surface area contributed by atoms with Gasteiger partial charge in [-0.15, -0.1) is 0 Å². The maximum atomic E-state index is 13.4. The normalized spacial score (nSPS) is 13.7. The number of nitrogens with zero attached hydrogens (tertiary/aromatic N) is 1. The van der Waals surface area contributed by atoms with E-state index >= 15 is 0 Å². The van der Waals surface area contributed by atoms with E-state index in [0.29, 0.717) is 0 Å². The Balaban J connectivity index is 3.07. The maximum Gasteiger partial charge on any atom is 0.407 e. The summed E-state index contributed by atoms with van der Waals surface area (Å²) in [4.78, 5) is 1.47. The molecule has 1 aromatic rings. The van der Waals surface area contributed by atoms with Gasteiger partial charge in [0.2, 0.25) is 0 Å². The van der Waals surface area contributed by atoms with Crippen molar-refractivity contribution in [3.05, 3.63) is 29.6 Å². The lowest BCUT2D eigenvalue weighted by atomic mass is 10.1. The second-order valence-electron chi connectivity index (χ2n) is 3.62. The van der Waals surface area contributed by atoms with Gasteiger partial charge in [0.25, 0.3) is 0 Å². The first-order valence-corrected chi connectivity index (χ1v) is 4.52. The summed E-state index contributed by atoms with van der Waals surface area (Å²) in [6.45, 7) is 0. The quantitative estimate of drug-likeness (QED) is 0.799. The van der Waals surface area contributed by atoms with E-state index < -0.39 is 18.0 Å². The van der Waals surface area contributed by atoms with Gasteiger partial charge in [-0.3, -0.25) is 0 Å². The van der Waals surface area contributed by atoms with E-state index in [2.05, 4.69) is 0 Å². The van der Waals surface area contributed by atoms with Crippen molar-refractivity contribution in [1.82, 2.24) is 0 Å². The van der Waals surface area contributed by atoms with Crippen LogP contribution in [-0.4, -0.2) is 20.3 Å². The maximum absolute atomic E-state index is 13.4. The molecule has 1 atom stereocenters. The van der Waals surface area contributed by atoms with Crippen LogP contribution in [0.2, 0.25) is 0 Å². The predicted molar refractivity (Wildman–Crippen MR) is 53.7 cm³/mol.